The van der Waals surface area contributed by atoms with Crippen LogP contribution in [0.5, 0.6) is 0 Å². The number of hydrogen-bond donors (Lipinski definition) is 2. The van der Waals surface area contributed by atoms with Gasteiger partial charge in [0.25, 0.3) is 0 Å². The first-order valence-corrected chi connectivity index (χ1v) is 11.7. The van der Waals surface area contributed by atoms with Crippen molar-refractivity contribution < 1.29 is 9.90 Å². The molecule has 176 valence electrons. The number of carbonyl (C=O) groups is 1. The molecule has 8 nitrogen and oxygen atoms in total. The molecule has 0 amide bonds. The van der Waals surface area contributed by atoms with Crippen molar-refractivity contribution in [1.29, 1.82) is 0 Å². The Kier molecular flexibility index (Phi) is 5.38. The number of piperidine rings is 1. The van der Waals surface area contributed by atoms with Crippen LogP contribution in [-0.2, 0) is 0 Å². The first kappa shape index (κ1) is 22.1. The molecule has 0 bridgehead atoms. The zero-order valence-corrected chi connectivity index (χ0v) is 20.0. The van der Waals surface area contributed by atoms with Crippen molar-refractivity contribution in [2.75, 3.05) is 23.3 Å². The van der Waals surface area contributed by atoms with Crippen molar-refractivity contribution in [3.63, 3.8) is 0 Å². The van der Waals surface area contributed by atoms with E-state index in [4.69, 9.17) is 10.1 Å². The Morgan fingerprint density at radius 2 is 1.85 bits per heavy atom. The minimum absolute atomic E-state index is 0.0518. The quantitative estimate of drug-likeness (QED) is 0.430. The highest BCUT2D eigenvalue weighted by Crippen LogP contribution is 2.35. The maximum atomic E-state index is 11.2. The van der Waals surface area contributed by atoms with Gasteiger partial charge in [-0.3, -0.25) is 4.40 Å². The topological polar surface area (TPSA) is 95.6 Å². The normalized spacial score (nSPS) is 16.6. The molecule has 4 aromatic rings. The Bertz CT molecular complexity index is 1370. The van der Waals surface area contributed by atoms with E-state index in [-0.39, 0.29) is 11.6 Å². The minimum atomic E-state index is -0.931. The van der Waals surface area contributed by atoms with Gasteiger partial charge in [0, 0.05) is 29.7 Å². The number of aromatic carboxylic acids is 1. The van der Waals surface area contributed by atoms with Gasteiger partial charge < -0.3 is 15.3 Å². The lowest BCUT2D eigenvalue weighted by Crippen LogP contribution is -2.38. The number of aromatic nitrogens is 4. The van der Waals surface area contributed by atoms with Crippen LogP contribution >= 0.6 is 0 Å². The fourth-order valence-electron chi connectivity index (χ4n) is 4.72. The molecule has 1 aliphatic heterocycles. The standard InChI is InChI=1S/C26H30N6O2/c1-16-13-20(17(2)28-19-7-5-18(6-8-19)24(33)34)22-21(14-16)23-30-27-15-32(23)25(29-22)31-11-9-26(3,4)10-12-31/h5-8,13-15,17,28H,9-12H2,1-4H3,(H,33,34). The number of carboxylic acids is 1. The summed E-state index contributed by atoms with van der Waals surface area (Å²) < 4.78 is 2.01. The van der Waals surface area contributed by atoms with Crippen LogP contribution in [0, 0.1) is 12.3 Å². The molecule has 5 rings (SSSR count). The van der Waals surface area contributed by atoms with Gasteiger partial charge >= 0.3 is 5.97 Å². The molecular weight excluding hydrogens is 428 g/mol. The van der Waals surface area contributed by atoms with Gasteiger partial charge in [-0.05, 0) is 68.0 Å². The molecule has 8 heteroatoms. The van der Waals surface area contributed by atoms with Crippen molar-refractivity contribution >= 4 is 34.2 Å². The number of rotatable bonds is 5. The van der Waals surface area contributed by atoms with E-state index in [1.165, 1.54) is 0 Å². The third-order valence-corrected chi connectivity index (χ3v) is 6.88. The van der Waals surface area contributed by atoms with Gasteiger partial charge in [0.15, 0.2) is 5.65 Å². The molecular formula is C26H30N6O2. The lowest BCUT2D eigenvalue weighted by Gasteiger charge is -2.37. The van der Waals surface area contributed by atoms with E-state index in [1.807, 2.05) is 4.40 Å². The molecule has 1 aliphatic rings. The lowest BCUT2D eigenvalue weighted by molar-refractivity contribution is 0.0697. The summed E-state index contributed by atoms with van der Waals surface area (Å²) in [6.07, 6.45) is 3.98. The van der Waals surface area contributed by atoms with Crippen molar-refractivity contribution in [1.82, 2.24) is 19.6 Å². The smallest absolute Gasteiger partial charge is 0.335 e. The average molecular weight is 459 g/mol. The predicted octanol–water partition coefficient (Wildman–Crippen LogP) is 5.08. The number of carboxylic acid groups (broad SMARTS) is 1. The molecule has 0 saturated carbocycles. The molecule has 2 aromatic heterocycles. The van der Waals surface area contributed by atoms with Crippen LogP contribution in [0.15, 0.2) is 42.7 Å². The predicted molar refractivity (Wildman–Crippen MR) is 134 cm³/mol. The SMILES string of the molecule is Cc1cc(C(C)Nc2ccc(C(=O)O)cc2)c2nc(N3CCC(C)(C)CC3)n3cnnc3c2c1. The van der Waals surface area contributed by atoms with Crippen LogP contribution < -0.4 is 10.2 Å². The third-order valence-electron chi connectivity index (χ3n) is 6.88. The Morgan fingerprint density at radius 3 is 2.53 bits per heavy atom. The second-order valence-electron chi connectivity index (χ2n) is 10.1. The molecule has 3 heterocycles. The van der Waals surface area contributed by atoms with E-state index < -0.39 is 5.97 Å². The number of benzene rings is 2. The van der Waals surface area contributed by atoms with Crippen molar-refractivity contribution in [3.8, 4) is 0 Å². The number of hydrogen-bond acceptors (Lipinski definition) is 6. The number of fused-ring (bicyclic) bond motifs is 3. The number of anilines is 2. The van der Waals surface area contributed by atoms with E-state index in [9.17, 15) is 4.79 Å². The van der Waals surface area contributed by atoms with Gasteiger partial charge in [0.1, 0.15) is 6.33 Å². The Morgan fingerprint density at radius 1 is 1.15 bits per heavy atom. The Labute approximate surface area is 198 Å². The van der Waals surface area contributed by atoms with Crippen molar-refractivity contribution in [2.45, 2.75) is 46.6 Å². The Hall–Kier alpha value is -3.68. The number of nitrogens with one attached hydrogen (secondary N) is 1. The summed E-state index contributed by atoms with van der Waals surface area (Å²) >= 11 is 0. The largest absolute Gasteiger partial charge is 0.478 e. The van der Waals surface area contributed by atoms with Crippen LogP contribution in [-0.4, -0.2) is 43.7 Å². The van der Waals surface area contributed by atoms with Gasteiger partial charge in [0.05, 0.1) is 17.1 Å². The molecule has 1 fully saturated rings. The minimum Gasteiger partial charge on any atom is -0.478 e. The van der Waals surface area contributed by atoms with E-state index in [2.05, 4.69) is 60.2 Å². The summed E-state index contributed by atoms with van der Waals surface area (Å²) in [6, 6.07) is 11.0. The summed E-state index contributed by atoms with van der Waals surface area (Å²) in [6.45, 7) is 10.7. The fourth-order valence-corrected chi connectivity index (χ4v) is 4.72. The maximum absolute atomic E-state index is 11.2. The van der Waals surface area contributed by atoms with Crippen LogP contribution in [0.2, 0.25) is 0 Å². The molecule has 2 N–H and O–H groups in total. The molecule has 1 unspecified atom stereocenters. The number of aryl methyl sites for hydroxylation is 1. The lowest BCUT2D eigenvalue weighted by atomic mass is 9.83. The third kappa shape index (κ3) is 4.04. The van der Waals surface area contributed by atoms with E-state index in [0.29, 0.717) is 5.41 Å². The van der Waals surface area contributed by atoms with Crippen LogP contribution in [0.3, 0.4) is 0 Å². The van der Waals surface area contributed by atoms with E-state index >= 15 is 0 Å². The van der Waals surface area contributed by atoms with Crippen molar-refractivity contribution in [3.05, 3.63) is 59.4 Å². The van der Waals surface area contributed by atoms with Crippen LogP contribution in [0.1, 0.15) is 61.1 Å². The highest BCUT2D eigenvalue weighted by molar-refractivity contribution is 5.95. The summed E-state index contributed by atoms with van der Waals surface area (Å²) in [5.41, 5.74) is 5.38. The van der Waals surface area contributed by atoms with E-state index in [0.717, 1.165) is 65.2 Å². The second kappa shape index (κ2) is 8.27. The molecule has 2 aromatic carbocycles. The molecule has 0 radical (unpaired) electrons. The molecule has 34 heavy (non-hydrogen) atoms. The van der Waals surface area contributed by atoms with Crippen LogP contribution in [0.4, 0.5) is 11.6 Å². The van der Waals surface area contributed by atoms with Gasteiger partial charge in [-0.25, -0.2) is 9.78 Å². The molecule has 1 saturated heterocycles. The average Bonchev–Trinajstić information content (AvgIpc) is 3.29. The van der Waals surface area contributed by atoms with E-state index in [1.54, 1.807) is 30.6 Å². The van der Waals surface area contributed by atoms with Crippen molar-refractivity contribution in [2.24, 2.45) is 5.41 Å². The van der Waals surface area contributed by atoms with Gasteiger partial charge in [-0.2, -0.15) is 0 Å². The Balaban J connectivity index is 1.57. The first-order chi connectivity index (χ1) is 16.2. The molecule has 1 atom stereocenters. The fraction of sp³-hybridized carbons (Fsp3) is 0.385. The van der Waals surface area contributed by atoms with Gasteiger partial charge in [0.2, 0.25) is 5.95 Å². The highest BCUT2D eigenvalue weighted by atomic mass is 16.4. The highest BCUT2D eigenvalue weighted by Gasteiger charge is 2.28. The maximum Gasteiger partial charge on any atom is 0.335 e. The zero-order chi connectivity index (χ0) is 24.0. The summed E-state index contributed by atoms with van der Waals surface area (Å²) in [5.74, 6) is -0.0504. The van der Waals surface area contributed by atoms with Crippen LogP contribution in [0.25, 0.3) is 16.6 Å². The summed E-state index contributed by atoms with van der Waals surface area (Å²) in [4.78, 5) is 18.7. The zero-order valence-electron chi connectivity index (χ0n) is 20.0. The number of nitrogens with zero attached hydrogens (tertiary/aromatic N) is 5. The second-order valence-corrected chi connectivity index (χ2v) is 10.1. The van der Waals surface area contributed by atoms with Gasteiger partial charge in [-0.1, -0.05) is 19.9 Å². The molecule has 0 spiro atoms. The first-order valence-electron chi connectivity index (χ1n) is 11.7. The summed E-state index contributed by atoms with van der Waals surface area (Å²) in [5, 5.41) is 22.3. The monoisotopic (exact) mass is 458 g/mol. The van der Waals surface area contributed by atoms with Gasteiger partial charge in [-0.15, -0.1) is 10.2 Å². The molecule has 0 aliphatic carbocycles. The summed E-state index contributed by atoms with van der Waals surface area (Å²) in [7, 11) is 0.